The predicted octanol–water partition coefficient (Wildman–Crippen LogP) is -0.915. The number of rotatable bonds is 5. The number of hydrogen-bond acceptors (Lipinski definition) is 4. The third-order valence-electron chi connectivity index (χ3n) is 2.42. The van der Waals surface area contributed by atoms with E-state index < -0.39 is 11.5 Å². The zero-order chi connectivity index (χ0) is 11.3. The lowest BCUT2D eigenvalue weighted by atomic mass is 9.99. The number of carboxylic acids is 1. The Kier molecular flexibility index (Phi) is 4.05. The van der Waals surface area contributed by atoms with E-state index in [1.54, 1.807) is 0 Å². The van der Waals surface area contributed by atoms with Gasteiger partial charge in [0.25, 0.3) is 0 Å². The molecule has 1 unspecified atom stereocenters. The van der Waals surface area contributed by atoms with Crippen LogP contribution in [0.3, 0.4) is 0 Å². The Labute approximate surface area is 87.8 Å². The number of carbonyl (C=O) groups is 2. The molecule has 0 aliphatic carbocycles. The quantitative estimate of drug-likeness (QED) is 0.552. The van der Waals surface area contributed by atoms with Crippen LogP contribution in [0.15, 0.2) is 0 Å². The topological polar surface area (TPSA) is 102 Å². The van der Waals surface area contributed by atoms with Crippen molar-refractivity contribution in [1.82, 2.24) is 5.32 Å². The van der Waals surface area contributed by atoms with Crippen LogP contribution in [0.25, 0.3) is 0 Å². The molecular weight excluding hydrogens is 200 g/mol. The van der Waals surface area contributed by atoms with Crippen molar-refractivity contribution < 1.29 is 19.4 Å². The number of carbonyl (C=O) groups excluding carboxylic acids is 1. The highest BCUT2D eigenvalue weighted by Crippen LogP contribution is 2.19. The first kappa shape index (κ1) is 11.9. The Bertz CT molecular complexity index is 248. The molecule has 4 N–H and O–H groups in total. The fourth-order valence-electron chi connectivity index (χ4n) is 1.48. The zero-order valence-electron chi connectivity index (χ0n) is 8.49. The van der Waals surface area contributed by atoms with Crippen LogP contribution < -0.4 is 11.1 Å². The minimum atomic E-state index is -1.23. The van der Waals surface area contributed by atoms with E-state index in [1.165, 1.54) is 0 Å². The summed E-state index contributed by atoms with van der Waals surface area (Å²) in [7, 11) is 0. The molecule has 0 aromatic heterocycles. The summed E-state index contributed by atoms with van der Waals surface area (Å²) < 4.78 is 5.01. The maximum atomic E-state index is 11.4. The second kappa shape index (κ2) is 5.09. The zero-order valence-corrected chi connectivity index (χ0v) is 8.49. The van der Waals surface area contributed by atoms with Gasteiger partial charge in [0.2, 0.25) is 5.91 Å². The number of hydrogen-bond donors (Lipinski definition) is 3. The summed E-state index contributed by atoms with van der Waals surface area (Å²) in [5.41, 5.74) is 4.03. The van der Waals surface area contributed by atoms with E-state index in [2.05, 4.69) is 5.32 Å². The first-order valence-corrected chi connectivity index (χ1v) is 4.93. The molecule has 0 aromatic carbocycles. The fraction of sp³-hybridized carbons (Fsp3) is 0.778. The van der Waals surface area contributed by atoms with Crippen LogP contribution >= 0.6 is 0 Å². The molecule has 0 spiro atoms. The van der Waals surface area contributed by atoms with Gasteiger partial charge in [-0.15, -0.1) is 0 Å². The van der Waals surface area contributed by atoms with Crippen molar-refractivity contribution in [2.24, 2.45) is 5.73 Å². The van der Waals surface area contributed by atoms with Crippen molar-refractivity contribution in [2.45, 2.75) is 24.8 Å². The van der Waals surface area contributed by atoms with E-state index in [0.29, 0.717) is 26.0 Å². The van der Waals surface area contributed by atoms with Crippen molar-refractivity contribution in [2.75, 3.05) is 19.8 Å². The highest BCUT2D eigenvalue weighted by Gasteiger charge is 2.43. The average molecular weight is 216 g/mol. The maximum absolute atomic E-state index is 11.4. The molecule has 1 aliphatic rings. The van der Waals surface area contributed by atoms with E-state index in [-0.39, 0.29) is 18.9 Å². The summed E-state index contributed by atoms with van der Waals surface area (Å²) in [5.74, 6) is -1.32. The Morgan fingerprint density at radius 1 is 1.53 bits per heavy atom. The first-order valence-electron chi connectivity index (χ1n) is 4.93. The monoisotopic (exact) mass is 216 g/mol. The fourth-order valence-corrected chi connectivity index (χ4v) is 1.48. The summed E-state index contributed by atoms with van der Waals surface area (Å²) in [6.07, 6.45) is 1.13. The normalized spacial score (nSPS) is 25.1. The molecule has 1 atom stereocenters. The average Bonchev–Trinajstić information content (AvgIpc) is 2.64. The number of nitrogens with one attached hydrogen (secondary N) is 1. The van der Waals surface area contributed by atoms with Crippen molar-refractivity contribution >= 4 is 11.9 Å². The lowest BCUT2D eigenvalue weighted by Gasteiger charge is -2.23. The van der Waals surface area contributed by atoms with Crippen molar-refractivity contribution in [3.63, 3.8) is 0 Å². The Morgan fingerprint density at radius 3 is 2.73 bits per heavy atom. The molecule has 1 saturated heterocycles. The van der Waals surface area contributed by atoms with Crippen LogP contribution in [-0.4, -0.2) is 42.3 Å². The number of aliphatic carboxylic acids is 1. The summed E-state index contributed by atoms with van der Waals surface area (Å²) >= 11 is 0. The van der Waals surface area contributed by atoms with Crippen LogP contribution in [0.4, 0.5) is 0 Å². The molecule has 1 rings (SSSR count). The number of nitrogens with two attached hydrogens (primary N) is 1. The van der Waals surface area contributed by atoms with E-state index in [4.69, 9.17) is 15.6 Å². The molecule has 0 radical (unpaired) electrons. The van der Waals surface area contributed by atoms with Gasteiger partial charge >= 0.3 is 5.97 Å². The minimum Gasteiger partial charge on any atom is -0.479 e. The molecular formula is C9H16N2O4. The van der Waals surface area contributed by atoms with E-state index in [0.717, 1.165) is 0 Å². The van der Waals surface area contributed by atoms with Crippen molar-refractivity contribution in [1.29, 1.82) is 0 Å². The third-order valence-corrected chi connectivity index (χ3v) is 2.42. The SMILES string of the molecule is NCCCC(=O)NC1(C(=O)O)CCOC1. The van der Waals surface area contributed by atoms with Gasteiger partial charge in [-0.25, -0.2) is 4.79 Å². The largest absolute Gasteiger partial charge is 0.479 e. The van der Waals surface area contributed by atoms with Crippen LogP contribution in [0.5, 0.6) is 0 Å². The molecule has 15 heavy (non-hydrogen) atoms. The van der Waals surface area contributed by atoms with Crippen LogP contribution in [-0.2, 0) is 14.3 Å². The van der Waals surface area contributed by atoms with E-state index in [1.807, 2.05) is 0 Å². The van der Waals surface area contributed by atoms with E-state index >= 15 is 0 Å². The van der Waals surface area contributed by atoms with Crippen molar-refractivity contribution in [3.05, 3.63) is 0 Å². The van der Waals surface area contributed by atoms with Gasteiger partial charge in [0.1, 0.15) is 0 Å². The standard InChI is InChI=1S/C9H16N2O4/c10-4-1-2-7(12)11-9(8(13)14)3-5-15-6-9/h1-6,10H2,(H,11,12)(H,13,14). The molecule has 6 heteroatoms. The first-order chi connectivity index (χ1) is 7.10. The van der Waals surface area contributed by atoms with Crippen molar-refractivity contribution in [3.8, 4) is 0 Å². The maximum Gasteiger partial charge on any atom is 0.331 e. The lowest BCUT2D eigenvalue weighted by Crippen LogP contribution is -2.55. The molecule has 0 aromatic rings. The Balaban J connectivity index is 2.52. The highest BCUT2D eigenvalue weighted by molar-refractivity contribution is 5.87. The van der Waals surface area contributed by atoms with Gasteiger partial charge in [-0.05, 0) is 13.0 Å². The highest BCUT2D eigenvalue weighted by atomic mass is 16.5. The molecule has 1 heterocycles. The van der Waals surface area contributed by atoms with Crippen LogP contribution in [0.1, 0.15) is 19.3 Å². The van der Waals surface area contributed by atoms with Crippen LogP contribution in [0.2, 0.25) is 0 Å². The molecule has 1 fully saturated rings. The minimum absolute atomic E-state index is 0.0384. The molecule has 1 amide bonds. The molecule has 1 aliphatic heterocycles. The van der Waals surface area contributed by atoms with Gasteiger partial charge in [0.05, 0.1) is 6.61 Å². The van der Waals surface area contributed by atoms with E-state index in [9.17, 15) is 9.59 Å². The third kappa shape index (κ3) is 2.90. The summed E-state index contributed by atoms with van der Waals surface area (Å²) in [4.78, 5) is 22.4. The number of carboxylic acid groups (broad SMARTS) is 1. The lowest BCUT2D eigenvalue weighted by molar-refractivity contribution is -0.147. The molecule has 0 bridgehead atoms. The van der Waals surface area contributed by atoms with Crippen LogP contribution in [0, 0.1) is 0 Å². The Morgan fingerprint density at radius 2 is 2.27 bits per heavy atom. The smallest absolute Gasteiger partial charge is 0.331 e. The summed E-state index contributed by atoms with van der Waals surface area (Å²) in [6.45, 7) is 0.824. The summed E-state index contributed by atoms with van der Waals surface area (Å²) in [6, 6.07) is 0. The van der Waals surface area contributed by atoms with Gasteiger partial charge < -0.3 is 20.9 Å². The predicted molar refractivity (Wildman–Crippen MR) is 52.2 cm³/mol. The number of amides is 1. The second-order valence-electron chi connectivity index (χ2n) is 3.63. The number of ether oxygens (including phenoxy) is 1. The molecule has 6 nitrogen and oxygen atoms in total. The van der Waals surface area contributed by atoms with Gasteiger partial charge in [0, 0.05) is 19.4 Å². The summed E-state index contributed by atoms with van der Waals surface area (Å²) in [5, 5.41) is 11.5. The van der Waals surface area contributed by atoms with Gasteiger partial charge in [-0.3, -0.25) is 4.79 Å². The molecule has 0 saturated carbocycles. The second-order valence-corrected chi connectivity index (χ2v) is 3.63. The van der Waals surface area contributed by atoms with Gasteiger partial charge in [-0.1, -0.05) is 0 Å². The van der Waals surface area contributed by atoms with Gasteiger partial charge in [0.15, 0.2) is 5.54 Å². The molecule has 86 valence electrons. The Hall–Kier alpha value is -1.14. The van der Waals surface area contributed by atoms with Gasteiger partial charge in [-0.2, -0.15) is 0 Å².